The molecule has 1 aromatic heterocycles. The number of nitrogens with two attached hydrogens (primary N) is 1. The van der Waals surface area contributed by atoms with Crippen LogP contribution in [0.2, 0.25) is 0 Å². The number of nitrogens with one attached hydrogen (secondary N) is 3. The third-order valence-corrected chi connectivity index (χ3v) is 5.45. The van der Waals surface area contributed by atoms with Crippen molar-refractivity contribution in [2.45, 2.75) is 37.4 Å². The van der Waals surface area contributed by atoms with Crippen LogP contribution in [0, 0.1) is 0 Å². The molecule has 8 N–H and O–H groups in total. The molecule has 3 aromatic rings. The van der Waals surface area contributed by atoms with Crippen LogP contribution in [0.3, 0.4) is 0 Å². The Bertz CT molecular complexity index is 1220. The van der Waals surface area contributed by atoms with Gasteiger partial charge < -0.3 is 36.7 Å². The molecule has 3 rings (SSSR count). The van der Waals surface area contributed by atoms with E-state index in [1.807, 2.05) is 24.3 Å². The molecule has 0 saturated carbocycles. The Morgan fingerprint density at radius 2 is 1.54 bits per heavy atom. The number of phenolic OH excluding ortho intramolecular Hbond substituents is 1. The summed E-state index contributed by atoms with van der Waals surface area (Å²) in [5.74, 6) is -4.35. The van der Waals surface area contributed by atoms with Crippen molar-refractivity contribution in [2.75, 3.05) is 0 Å². The predicted octanol–water partition coefficient (Wildman–Crippen LogP) is 0.515. The van der Waals surface area contributed by atoms with E-state index in [1.165, 1.54) is 12.1 Å². The second-order valence-corrected chi connectivity index (χ2v) is 8.10. The SMILES string of the molecule is NC(Cc1ccc(O)cc1)C(=O)NC(Cc1c[nH]c2ccccc12)C(=O)NC(CC(=O)O)C(=O)O. The lowest BCUT2D eigenvalue weighted by Crippen LogP contribution is -2.55. The first-order valence-electron chi connectivity index (χ1n) is 10.8. The first-order valence-corrected chi connectivity index (χ1v) is 10.8. The molecule has 2 amide bonds. The average molecular weight is 482 g/mol. The van der Waals surface area contributed by atoms with Gasteiger partial charge in [-0.15, -0.1) is 0 Å². The van der Waals surface area contributed by atoms with E-state index in [-0.39, 0.29) is 18.6 Å². The molecule has 3 atom stereocenters. The van der Waals surface area contributed by atoms with E-state index in [4.69, 9.17) is 10.8 Å². The summed E-state index contributed by atoms with van der Waals surface area (Å²) in [7, 11) is 0. The number of fused-ring (bicyclic) bond motifs is 1. The second-order valence-electron chi connectivity index (χ2n) is 8.10. The number of hydrogen-bond donors (Lipinski definition) is 7. The van der Waals surface area contributed by atoms with Gasteiger partial charge in [0.1, 0.15) is 17.8 Å². The number of carboxylic acid groups (broad SMARTS) is 2. The molecule has 0 spiro atoms. The highest BCUT2D eigenvalue weighted by Gasteiger charge is 2.30. The van der Waals surface area contributed by atoms with E-state index in [0.717, 1.165) is 10.9 Å². The number of rotatable bonds is 11. The van der Waals surface area contributed by atoms with Crippen molar-refractivity contribution in [3.63, 3.8) is 0 Å². The number of aromatic nitrogens is 1. The van der Waals surface area contributed by atoms with E-state index in [9.17, 15) is 29.4 Å². The molecule has 0 aliphatic heterocycles. The van der Waals surface area contributed by atoms with Crippen molar-refractivity contribution in [3.8, 4) is 5.75 Å². The summed E-state index contributed by atoms with van der Waals surface area (Å²) in [6, 6.07) is 9.54. The number of aliphatic carboxylic acids is 2. The zero-order valence-electron chi connectivity index (χ0n) is 18.6. The number of carboxylic acids is 2. The van der Waals surface area contributed by atoms with Gasteiger partial charge in [0.15, 0.2) is 0 Å². The summed E-state index contributed by atoms with van der Waals surface area (Å²) in [5, 5.41) is 33.2. The summed E-state index contributed by atoms with van der Waals surface area (Å²) in [6.45, 7) is 0. The molecule has 184 valence electrons. The van der Waals surface area contributed by atoms with Crippen LogP contribution in [0.5, 0.6) is 5.75 Å². The van der Waals surface area contributed by atoms with Crippen LogP contribution in [0.15, 0.2) is 54.7 Å². The maximum absolute atomic E-state index is 13.0. The van der Waals surface area contributed by atoms with E-state index in [2.05, 4.69) is 15.6 Å². The van der Waals surface area contributed by atoms with Crippen LogP contribution in [0.4, 0.5) is 0 Å². The van der Waals surface area contributed by atoms with Gasteiger partial charge in [0, 0.05) is 23.5 Å². The van der Waals surface area contributed by atoms with Gasteiger partial charge in [-0.1, -0.05) is 30.3 Å². The molecule has 0 radical (unpaired) electrons. The number of aromatic hydroxyl groups is 1. The highest BCUT2D eigenvalue weighted by molar-refractivity contribution is 5.93. The molecule has 0 fully saturated rings. The van der Waals surface area contributed by atoms with Crippen molar-refractivity contribution < 1.29 is 34.5 Å². The normalized spacial score (nSPS) is 13.5. The maximum atomic E-state index is 13.0. The Morgan fingerprint density at radius 3 is 2.20 bits per heavy atom. The Labute approximate surface area is 199 Å². The van der Waals surface area contributed by atoms with Crippen molar-refractivity contribution >= 4 is 34.7 Å². The van der Waals surface area contributed by atoms with Gasteiger partial charge in [0.2, 0.25) is 11.8 Å². The van der Waals surface area contributed by atoms with Crippen molar-refractivity contribution in [1.82, 2.24) is 15.6 Å². The molecule has 1 heterocycles. The third-order valence-electron chi connectivity index (χ3n) is 5.45. The fourth-order valence-corrected chi connectivity index (χ4v) is 3.63. The molecule has 0 aliphatic carbocycles. The fraction of sp³-hybridized carbons (Fsp3) is 0.250. The molecule has 3 unspecified atom stereocenters. The molecule has 0 saturated heterocycles. The summed E-state index contributed by atoms with van der Waals surface area (Å²) in [6.07, 6.45) is 0.992. The van der Waals surface area contributed by atoms with Crippen molar-refractivity contribution in [1.29, 1.82) is 0 Å². The van der Waals surface area contributed by atoms with Crippen molar-refractivity contribution in [2.24, 2.45) is 5.73 Å². The lowest BCUT2D eigenvalue weighted by molar-refractivity contribution is -0.147. The largest absolute Gasteiger partial charge is 0.508 e. The number of carbonyl (C=O) groups is 4. The minimum Gasteiger partial charge on any atom is -0.508 e. The van der Waals surface area contributed by atoms with Gasteiger partial charge in [0.05, 0.1) is 12.5 Å². The smallest absolute Gasteiger partial charge is 0.326 e. The summed E-state index contributed by atoms with van der Waals surface area (Å²) < 4.78 is 0. The number of phenols is 1. The maximum Gasteiger partial charge on any atom is 0.326 e. The highest BCUT2D eigenvalue weighted by Crippen LogP contribution is 2.19. The lowest BCUT2D eigenvalue weighted by Gasteiger charge is -2.22. The topological polar surface area (TPSA) is 195 Å². The molecule has 11 nitrogen and oxygen atoms in total. The quantitative estimate of drug-likeness (QED) is 0.205. The third kappa shape index (κ3) is 6.81. The standard InChI is InChI=1S/C24H26N4O7/c25-17(9-13-5-7-15(29)8-6-13)22(32)27-19(23(33)28-20(24(34)35)11-21(30)31)10-14-12-26-18-4-2-1-3-16(14)18/h1-8,12,17,19-20,26,29H,9-11,25H2,(H,27,32)(H,28,33)(H,30,31)(H,34,35). The number of hydrogen-bond acceptors (Lipinski definition) is 6. The molecule has 35 heavy (non-hydrogen) atoms. The molecule has 0 aliphatic rings. The van der Waals surface area contributed by atoms with Crippen LogP contribution in [-0.4, -0.2) is 62.2 Å². The number of aromatic amines is 1. The van der Waals surface area contributed by atoms with E-state index >= 15 is 0 Å². The van der Waals surface area contributed by atoms with Gasteiger partial charge in [-0.2, -0.15) is 0 Å². The van der Waals surface area contributed by atoms with Gasteiger partial charge in [0.25, 0.3) is 0 Å². The number of amides is 2. The molecular weight excluding hydrogens is 456 g/mol. The van der Waals surface area contributed by atoms with Gasteiger partial charge in [-0.3, -0.25) is 14.4 Å². The average Bonchev–Trinajstić information content (AvgIpc) is 3.22. The predicted molar refractivity (Wildman–Crippen MR) is 126 cm³/mol. The van der Waals surface area contributed by atoms with Crippen LogP contribution in [0.25, 0.3) is 10.9 Å². The number of H-pyrrole nitrogens is 1. The number of carbonyl (C=O) groups excluding carboxylic acids is 2. The molecule has 2 aromatic carbocycles. The second kappa shape index (κ2) is 11.2. The first-order chi connectivity index (χ1) is 16.6. The van der Waals surface area contributed by atoms with E-state index in [0.29, 0.717) is 11.1 Å². The Kier molecular flexibility index (Phi) is 8.05. The minimum atomic E-state index is -1.67. The van der Waals surface area contributed by atoms with Gasteiger partial charge in [-0.25, -0.2) is 4.79 Å². The Balaban J connectivity index is 1.79. The number of para-hydroxylation sites is 1. The van der Waals surface area contributed by atoms with Crippen molar-refractivity contribution in [3.05, 3.63) is 65.9 Å². The van der Waals surface area contributed by atoms with Crippen LogP contribution < -0.4 is 16.4 Å². The van der Waals surface area contributed by atoms with E-state index < -0.39 is 48.3 Å². The Morgan fingerprint density at radius 1 is 0.886 bits per heavy atom. The summed E-state index contributed by atoms with van der Waals surface area (Å²) >= 11 is 0. The Hall–Kier alpha value is -4.38. The summed E-state index contributed by atoms with van der Waals surface area (Å²) in [5.41, 5.74) is 8.23. The van der Waals surface area contributed by atoms with Gasteiger partial charge >= 0.3 is 11.9 Å². The van der Waals surface area contributed by atoms with Gasteiger partial charge in [-0.05, 0) is 35.7 Å². The van der Waals surface area contributed by atoms with E-state index in [1.54, 1.807) is 18.3 Å². The minimum absolute atomic E-state index is 0.00687. The van der Waals surface area contributed by atoms with Crippen LogP contribution >= 0.6 is 0 Å². The highest BCUT2D eigenvalue weighted by atomic mass is 16.4. The molecule has 0 bridgehead atoms. The zero-order valence-corrected chi connectivity index (χ0v) is 18.6. The fourth-order valence-electron chi connectivity index (χ4n) is 3.63. The van der Waals surface area contributed by atoms with Crippen LogP contribution in [-0.2, 0) is 32.0 Å². The lowest BCUT2D eigenvalue weighted by atomic mass is 10.0. The zero-order chi connectivity index (χ0) is 25.5. The number of benzene rings is 2. The first kappa shape index (κ1) is 25.2. The van der Waals surface area contributed by atoms with Crippen LogP contribution in [0.1, 0.15) is 17.5 Å². The molecule has 11 heteroatoms. The molecular formula is C24H26N4O7. The summed E-state index contributed by atoms with van der Waals surface area (Å²) in [4.78, 5) is 51.3. The monoisotopic (exact) mass is 482 g/mol.